The number of pyridine rings is 1. The Morgan fingerprint density at radius 3 is 2.52 bits per heavy atom. The van der Waals surface area contributed by atoms with Crippen LogP contribution in [0.5, 0.6) is 0 Å². The van der Waals surface area contributed by atoms with Gasteiger partial charge in [0.15, 0.2) is 0 Å². The largest absolute Gasteiger partial charge is 0.475 e. The van der Waals surface area contributed by atoms with Crippen molar-refractivity contribution < 1.29 is 24.6 Å². The van der Waals surface area contributed by atoms with Crippen molar-refractivity contribution >= 4 is 24.6 Å². The van der Waals surface area contributed by atoms with Crippen molar-refractivity contribution in [3.63, 3.8) is 0 Å². The Balaban J connectivity index is 2.24. The van der Waals surface area contributed by atoms with Crippen LogP contribution in [-0.2, 0) is 4.79 Å². The zero-order valence-electron chi connectivity index (χ0n) is 17.3. The number of rotatable bonds is 10. The summed E-state index contributed by atoms with van der Waals surface area (Å²) in [6, 6.07) is 7.88. The molecule has 1 unspecified atom stereocenters. The Kier molecular flexibility index (Phi) is 8.65. The fraction of sp³-hybridized carbons (Fsp3) is 0.350. The second kappa shape index (κ2) is 11.2. The van der Waals surface area contributed by atoms with Gasteiger partial charge in [-0.05, 0) is 30.0 Å². The van der Waals surface area contributed by atoms with Gasteiger partial charge in [0.1, 0.15) is 0 Å². The maximum Gasteiger partial charge on any atom is 0.475 e. The van der Waals surface area contributed by atoms with Crippen molar-refractivity contribution in [3.8, 4) is 0 Å². The Morgan fingerprint density at radius 2 is 1.94 bits per heavy atom. The number of amides is 2. The summed E-state index contributed by atoms with van der Waals surface area (Å²) in [4.78, 5) is 39.7. The molecule has 2 rings (SSSR count). The minimum Gasteiger partial charge on any atom is -0.426 e. The summed E-state index contributed by atoms with van der Waals surface area (Å²) in [5.41, 5.74) is 0.454. The number of benzene rings is 1. The Labute approximate surface area is 180 Å². The number of nitro groups is 1. The van der Waals surface area contributed by atoms with Gasteiger partial charge in [0.25, 0.3) is 11.6 Å². The highest BCUT2D eigenvalue weighted by atomic mass is 16.6. The molecule has 10 nitrogen and oxygen atoms in total. The minimum absolute atomic E-state index is 0.102. The molecule has 11 heteroatoms. The topological polar surface area (TPSA) is 155 Å². The van der Waals surface area contributed by atoms with Crippen LogP contribution in [0.15, 0.2) is 48.8 Å². The number of nitro benzene ring substituents is 1. The average Bonchev–Trinajstić information content (AvgIpc) is 2.73. The van der Waals surface area contributed by atoms with Gasteiger partial charge in [-0.15, -0.1) is 0 Å². The second-order valence-corrected chi connectivity index (χ2v) is 7.54. The molecule has 0 saturated carbocycles. The van der Waals surface area contributed by atoms with Gasteiger partial charge in [0.05, 0.1) is 28.9 Å². The Hall–Kier alpha value is -3.31. The van der Waals surface area contributed by atoms with Crippen LogP contribution in [0.2, 0.25) is 0 Å². The van der Waals surface area contributed by atoms with Gasteiger partial charge in [-0.1, -0.05) is 26.0 Å². The van der Waals surface area contributed by atoms with E-state index < -0.39 is 35.8 Å². The summed E-state index contributed by atoms with van der Waals surface area (Å²) in [6.07, 6.45) is 2.96. The minimum atomic E-state index is -1.74. The molecular formula is C20H25BN4O6. The van der Waals surface area contributed by atoms with Crippen LogP contribution in [0.25, 0.3) is 0 Å². The van der Waals surface area contributed by atoms with Gasteiger partial charge in [0.2, 0.25) is 5.91 Å². The molecule has 0 bridgehead atoms. The third kappa shape index (κ3) is 7.47. The fourth-order valence-electron chi connectivity index (χ4n) is 3.06. The van der Waals surface area contributed by atoms with E-state index in [0.717, 1.165) is 0 Å². The zero-order chi connectivity index (χ0) is 23.0. The van der Waals surface area contributed by atoms with E-state index in [1.807, 2.05) is 13.8 Å². The predicted octanol–water partition coefficient (Wildman–Crippen LogP) is 1.39. The molecule has 0 aliphatic rings. The van der Waals surface area contributed by atoms with E-state index in [1.165, 1.54) is 30.6 Å². The average molecular weight is 428 g/mol. The highest BCUT2D eigenvalue weighted by Gasteiger charge is 2.28. The maximum absolute atomic E-state index is 12.6. The van der Waals surface area contributed by atoms with Gasteiger partial charge < -0.3 is 20.7 Å². The van der Waals surface area contributed by atoms with E-state index in [0.29, 0.717) is 12.0 Å². The molecule has 1 heterocycles. The highest BCUT2D eigenvalue weighted by Crippen LogP contribution is 2.22. The number of hydrogen-bond donors (Lipinski definition) is 4. The van der Waals surface area contributed by atoms with Gasteiger partial charge in [-0.25, -0.2) is 0 Å². The summed E-state index contributed by atoms with van der Waals surface area (Å²) in [5, 5.41) is 35.5. The molecule has 0 spiro atoms. The molecule has 2 amide bonds. The standard InChI is InChI=1S/C20H25BN4O6/c1-13(2)9-18(21(28)29)24-19(26)11-17(14-5-3-7-16(10-14)25(30)31)23-20(27)15-6-4-8-22-12-15/h3-8,10,12-13,17-18,28-29H,9,11H2,1-2H3,(H,23,27)(H,24,26)/t17?,18-/m0/s1. The van der Waals surface area contributed by atoms with Crippen molar-refractivity contribution in [1.82, 2.24) is 15.6 Å². The van der Waals surface area contributed by atoms with Gasteiger partial charge in [0, 0.05) is 24.5 Å². The normalized spacial score (nSPS) is 12.7. The summed E-state index contributed by atoms with van der Waals surface area (Å²) >= 11 is 0. The zero-order valence-corrected chi connectivity index (χ0v) is 17.3. The van der Waals surface area contributed by atoms with Crippen LogP contribution in [0.1, 0.15) is 48.7 Å². The lowest BCUT2D eigenvalue weighted by molar-refractivity contribution is -0.384. The van der Waals surface area contributed by atoms with Gasteiger partial charge in [-0.3, -0.25) is 24.7 Å². The van der Waals surface area contributed by atoms with Crippen LogP contribution in [0.4, 0.5) is 5.69 Å². The number of carbonyl (C=O) groups is 2. The van der Waals surface area contributed by atoms with Crippen LogP contribution in [0, 0.1) is 16.0 Å². The van der Waals surface area contributed by atoms with Crippen molar-refractivity contribution in [2.45, 2.75) is 38.7 Å². The molecule has 1 aromatic heterocycles. The van der Waals surface area contributed by atoms with Crippen LogP contribution >= 0.6 is 0 Å². The number of nitrogens with one attached hydrogen (secondary N) is 2. The Morgan fingerprint density at radius 1 is 1.19 bits per heavy atom. The highest BCUT2D eigenvalue weighted by molar-refractivity contribution is 6.43. The van der Waals surface area contributed by atoms with Crippen molar-refractivity contribution in [3.05, 3.63) is 70.0 Å². The lowest BCUT2D eigenvalue weighted by Crippen LogP contribution is -2.48. The van der Waals surface area contributed by atoms with Crippen LogP contribution in [0.3, 0.4) is 0 Å². The monoisotopic (exact) mass is 428 g/mol. The Bertz CT molecular complexity index is 910. The maximum atomic E-state index is 12.6. The van der Waals surface area contributed by atoms with E-state index in [4.69, 9.17) is 0 Å². The number of non-ortho nitro benzene ring substituents is 1. The molecule has 0 fully saturated rings. The molecule has 164 valence electrons. The number of carbonyl (C=O) groups excluding carboxylic acids is 2. The first kappa shape index (κ1) is 24.0. The first-order valence-corrected chi connectivity index (χ1v) is 9.78. The summed E-state index contributed by atoms with van der Waals surface area (Å²) in [7, 11) is -1.74. The molecule has 2 aromatic rings. The summed E-state index contributed by atoms with van der Waals surface area (Å²) in [6.45, 7) is 3.75. The first-order chi connectivity index (χ1) is 14.7. The fourth-order valence-corrected chi connectivity index (χ4v) is 3.06. The summed E-state index contributed by atoms with van der Waals surface area (Å²) < 4.78 is 0. The van der Waals surface area contributed by atoms with Crippen molar-refractivity contribution in [2.75, 3.05) is 0 Å². The quantitative estimate of drug-likeness (QED) is 0.253. The van der Waals surface area contributed by atoms with Gasteiger partial charge in [-0.2, -0.15) is 0 Å². The lowest BCUT2D eigenvalue weighted by atomic mass is 9.75. The molecule has 0 aliphatic heterocycles. The lowest BCUT2D eigenvalue weighted by Gasteiger charge is -2.23. The molecular weight excluding hydrogens is 403 g/mol. The molecule has 4 N–H and O–H groups in total. The van der Waals surface area contributed by atoms with E-state index >= 15 is 0 Å². The number of hydrogen-bond acceptors (Lipinski definition) is 7. The first-order valence-electron chi connectivity index (χ1n) is 9.78. The third-order valence-corrected chi connectivity index (χ3v) is 4.53. The predicted molar refractivity (Wildman–Crippen MR) is 114 cm³/mol. The molecule has 2 atom stereocenters. The third-order valence-electron chi connectivity index (χ3n) is 4.53. The smallest absolute Gasteiger partial charge is 0.426 e. The van der Waals surface area contributed by atoms with Crippen molar-refractivity contribution in [2.24, 2.45) is 5.92 Å². The van der Waals surface area contributed by atoms with Crippen molar-refractivity contribution in [1.29, 1.82) is 0 Å². The molecule has 0 radical (unpaired) electrons. The molecule has 0 aliphatic carbocycles. The van der Waals surface area contributed by atoms with Crippen LogP contribution < -0.4 is 10.6 Å². The van der Waals surface area contributed by atoms with E-state index in [2.05, 4.69) is 15.6 Å². The van der Waals surface area contributed by atoms with Gasteiger partial charge >= 0.3 is 7.12 Å². The van der Waals surface area contributed by atoms with E-state index in [-0.39, 0.29) is 23.6 Å². The molecule has 1 aromatic carbocycles. The number of aromatic nitrogens is 1. The molecule has 31 heavy (non-hydrogen) atoms. The number of nitrogens with zero attached hydrogens (tertiary/aromatic N) is 2. The SMILES string of the molecule is CC(C)C[C@H](NC(=O)CC(NC(=O)c1cccnc1)c1cccc([N+](=O)[O-])c1)B(O)O. The van der Waals surface area contributed by atoms with E-state index in [9.17, 15) is 29.8 Å². The van der Waals surface area contributed by atoms with E-state index in [1.54, 1.807) is 18.2 Å². The van der Waals surface area contributed by atoms with Crippen LogP contribution in [-0.4, -0.2) is 44.8 Å². The second-order valence-electron chi connectivity index (χ2n) is 7.54. The summed E-state index contributed by atoms with van der Waals surface area (Å²) in [5.74, 6) is -1.82. The molecule has 0 saturated heterocycles.